The molecule has 19 heavy (non-hydrogen) atoms. The molecule has 1 N–H and O–H groups in total. The first-order chi connectivity index (χ1) is 8.88. The van der Waals surface area contributed by atoms with Crippen LogP contribution in [0.4, 0.5) is 0 Å². The number of nitrogens with zero attached hydrogens (tertiary/aromatic N) is 1. The standard InChI is InChI=1S/C17H36N2/c1-13(2)7-8-19-12-16(9-14(3)4)18-11-17(19)10-15(5)6/h13-18H,7-12H2,1-6H3. The Labute approximate surface area is 121 Å². The van der Waals surface area contributed by atoms with Crippen molar-refractivity contribution in [3.8, 4) is 0 Å². The minimum atomic E-state index is 0.704. The van der Waals surface area contributed by atoms with Gasteiger partial charge in [0.15, 0.2) is 0 Å². The monoisotopic (exact) mass is 268 g/mol. The Hall–Kier alpha value is -0.0800. The zero-order chi connectivity index (χ0) is 14.4. The van der Waals surface area contributed by atoms with Gasteiger partial charge < -0.3 is 5.32 Å². The number of hydrogen-bond acceptors (Lipinski definition) is 2. The van der Waals surface area contributed by atoms with Crippen LogP contribution in [0.25, 0.3) is 0 Å². The summed E-state index contributed by atoms with van der Waals surface area (Å²) >= 11 is 0. The van der Waals surface area contributed by atoms with Crippen LogP contribution in [0.3, 0.4) is 0 Å². The fourth-order valence-electron chi connectivity index (χ4n) is 3.13. The molecule has 1 fully saturated rings. The molecule has 0 aromatic rings. The van der Waals surface area contributed by atoms with Crippen molar-refractivity contribution in [2.45, 2.75) is 72.9 Å². The smallest absolute Gasteiger partial charge is 0.0223 e. The third kappa shape index (κ3) is 6.76. The van der Waals surface area contributed by atoms with Gasteiger partial charge in [-0.1, -0.05) is 41.5 Å². The maximum atomic E-state index is 3.78. The van der Waals surface area contributed by atoms with Crippen LogP contribution >= 0.6 is 0 Å². The number of hydrogen-bond donors (Lipinski definition) is 1. The molecule has 2 atom stereocenters. The van der Waals surface area contributed by atoms with E-state index in [4.69, 9.17) is 0 Å². The summed E-state index contributed by atoms with van der Waals surface area (Å²) in [7, 11) is 0. The maximum Gasteiger partial charge on any atom is 0.0223 e. The molecule has 0 aliphatic carbocycles. The highest BCUT2D eigenvalue weighted by molar-refractivity contribution is 4.87. The predicted octanol–water partition coefficient (Wildman–Crippen LogP) is 3.77. The average molecular weight is 268 g/mol. The molecule has 1 heterocycles. The molecule has 114 valence electrons. The van der Waals surface area contributed by atoms with Gasteiger partial charge in [-0.3, -0.25) is 4.90 Å². The summed E-state index contributed by atoms with van der Waals surface area (Å²) < 4.78 is 0. The molecule has 1 rings (SSSR count). The lowest BCUT2D eigenvalue weighted by molar-refractivity contribution is 0.102. The molecule has 2 nitrogen and oxygen atoms in total. The molecule has 0 aromatic carbocycles. The molecule has 0 spiro atoms. The fraction of sp³-hybridized carbons (Fsp3) is 1.00. The van der Waals surface area contributed by atoms with Crippen molar-refractivity contribution in [1.82, 2.24) is 10.2 Å². The van der Waals surface area contributed by atoms with Gasteiger partial charge >= 0.3 is 0 Å². The zero-order valence-electron chi connectivity index (χ0n) is 14.1. The third-order valence-electron chi connectivity index (χ3n) is 4.11. The molecule has 1 saturated heterocycles. The van der Waals surface area contributed by atoms with Crippen molar-refractivity contribution < 1.29 is 0 Å². The van der Waals surface area contributed by atoms with Crippen molar-refractivity contribution in [2.24, 2.45) is 17.8 Å². The number of rotatable bonds is 7. The van der Waals surface area contributed by atoms with E-state index in [2.05, 4.69) is 51.8 Å². The van der Waals surface area contributed by atoms with Crippen LogP contribution in [0.15, 0.2) is 0 Å². The maximum absolute atomic E-state index is 3.78. The van der Waals surface area contributed by atoms with Crippen LogP contribution in [-0.4, -0.2) is 36.6 Å². The topological polar surface area (TPSA) is 15.3 Å². The Morgan fingerprint density at radius 1 is 0.947 bits per heavy atom. The molecule has 2 unspecified atom stereocenters. The normalized spacial score (nSPS) is 25.7. The first-order valence-corrected chi connectivity index (χ1v) is 8.35. The predicted molar refractivity (Wildman–Crippen MR) is 85.5 cm³/mol. The summed E-state index contributed by atoms with van der Waals surface area (Å²) in [5.74, 6) is 2.42. The highest BCUT2D eigenvalue weighted by Gasteiger charge is 2.28. The number of nitrogens with one attached hydrogen (secondary N) is 1. The Balaban J connectivity index is 2.52. The van der Waals surface area contributed by atoms with Gasteiger partial charge in [-0.15, -0.1) is 0 Å². The van der Waals surface area contributed by atoms with Crippen LogP contribution in [0.1, 0.15) is 60.8 Å². The minimum Gasteiger partial charge on any atom is -0.311 e. The summed E-state index contributed by atoms with van der Waals surface area (Å²) in [6.07, 6.45) is 3.98. The molecule has 0 radical (unpaired) electrons. The average Bonchev–Trinajstić information content (AvgIpc) is 2.27. The zero-order valence-corrected chi connectivity index (χ0v) is 14.1. The van der Waals surface area contributed by atoms with E-state index in [-0.39, 0.29) is 0 Å². The molecule has 0 amide bonds. The van der Waals surface area contributed by atoms with Crippen LogP contribution in [0.5, 0.6) is 0 Å². The van der Waals surface area contributed by atoms with Crippen LogP contribution in [0.2, 0.25) is 0 Å². The van der Waals surface area contributed by atoms with Crippen LogP contribution in [-0.2, 0) is 0 Å². The quantitative estimate of drug-likeness (QED) is 0.756. The van der Waals surface area contributed by atoms with E-state index in [1.54, 1.807) is 0 Å². The lowest BCUT2D eigenvalue weighted by atomic mass is 9.95. The first kappa shape index (κ1) is 17.0. The molecule has 2 heteroatoms. The summed E-state index contributed by atoms with van der Waals surface area (Å²) in [5, 5.41) is 3.78. The van der Waals surface area contributed by atoms with Gasteiger partial charge in [0, 0.05) is 25.2 Å². The largest absolute Gasteiger partial charge is 0.311 e. The van der Waals surface area contributed by atoms with Gasteiger partial charge in [-0.2, -0.15) is 0 Å². The minimum absolute atomic E-state index is 0.704. The van der Waals surface area contributed by atoms with Crippen molar-refractivity contribution in [3.63, 3.8) is 0 Å². The van der Waals surface area contributed by atoms with Crippen molar-refractivity contribution in [3.05, 3.63) is 0 Å². The van der Waals surface area contributed by atoms with Crippen LogP contribution < -0.4 is 5.32 Å². The summed E-state index contributed by atoms with van der Waals surface area (Å²) in [5.41, 5.74) is 0. The van der Waals surface area contributed by atoms with Crippen LogP contribution in [0, 0.1) is 17.8 Å². The van der Waals surface area contributed by atoms with Crippen molar-refractivity contribution in [1.29, 1.82) is 0 Å². The summed E-state index contributed by atoms with van der Waals surface area (Å²) in [6, 6.07) is 1.46. The molecule has 0 aromatic heterocycles. The molecule has 0 saturated carbocycles. The van der Waals surface area contributed by atoms with Gasteiger partial charge in [-0.25, -0.2) is 0 Å². The van der Waals surface area contributed by atoms with E-state index < -0.39 is 0 Å². The highest BCUT2D eigenvalue weighted by Crippen LogP contribution is 2.19. The van der Waals surface area contributed by atoms with E-state index in [9.17, 15) is 0 Å². The van der Waals surface area contributed by atoms with Crippen molar-refractivity contribution >= 4 is 0 Å². The Morgan fingerprint density at radius 3 is 2.11 bits per heavy atom. The first-order valence-electron chi connectivity index (χ1n) is 8.35. The molecule has 1 aliphatic heterocycles. The van der Waals surface area contributed by atoms with E-state index >= 15 is 0 Å². The Kier molecular flexibility index (Phi) is 7.38. The van der Waals surface area contributed by atoms with E-state index in [0.717, 1.165) is 23.8 Å². The lowest BCUT2D eigenvalue weighted by Crippen LogP contribution is -2.57. The Bertz CT molecular complexity index is 235. The lowest BCUT2D eigenvalue weighted by Gasteiger charge is -2.42. The third-order valence-corrected chi connectivity index (χ3v) is 4.11. The second kappa shape index (κ2) is 8.26. The second-order valence-corrected chi connectivity index (χ2v) is 7.70. The van der Waals surface area contributed by atoms with E-state index in [1.165, 1.54) is 38.9 Å². The van der Waals surface area contributed by atoms with Gasteiger partial charge in [0.2, 0.25) is 0 Å². The van der Waals surface area contributed by atoms with Gasteiger partial charge in [0.1, 0.15) is 0 Å². The fourth-order valence-corrected chi connectivity index (χ4v) is 3.13. The molecular formula is C17H36N2. The molecule has 1 aliphatic rings. The van der Waals surface area contributed by atoms with Gasteiger partial charge in [0.25, 0.3) is 0 Å². The summed E-state index contributed by atoms with van der Waals surface area (Å²) in [6.45, 7) is 17.8. The SMILES string of the molecule is CC(C)CCN1CC(CC(C)C)NCC1CC(C)C. The highest BCUT2D eigenvalue weighted by atomic mass is 15.2. The van der Waals surface area contributed by atoms with E-state index in [0.29, 0.717) is 6.04 Å². The number of piperazine rings is 1. The Morgan fingerprint density at radius 2 is 1.58 bits per heavy atom. The van der Waals surface area contributed by atoms with Gasteiger partial charge in [0.05, 0.1) is 0 Å². The van der Waals surface area contributed by atoms with E-state index in [1.807, 2.05) is 0 Å². The molecular weight excluding hydrogens is 232 g/mol. The second-order valence-electron chi connectivity index (χ2n) is 7.70. The van der Waals surface area contributed by atoms with Crippen molar-refractivity contribution in [2.75, 3.05) is 19.6 Å². The van der Waals surface area contributed by atoms with Gasteiger partial charge in [-0.05, 0) is 43.6 Å². The summed E-state index contributed by atoms with van der Waals surface area (Å²) in [4.78, 5) is 2.77. The molecule has 0 bridgehead atoms.